The molecule has 2 aromatic heterocycles. The molecule has 1 aliphatic rings. The fraction of sp³-hybridized carbons (Fsp3) is 0.550. The molecule has 9 heteroatoms. The van der Waals surface area contributed by atoms with Gasteiger partial charge in [0.15, 0.2) is 10.9 Å². The quantitative estimate of drug-likeness (QED) is 0.462. The van der Waals surface area contributed by atoms with Crippen molar-refractivity contribution < 1.29 is 18.8 Å². The molecule has 0 bridgehead atoms. The number of rotatable bonds is 9. The molecule has 2 aromatic rings. The molecule has 3 heterocycles. The van der Waals surface area contributed by atoms with Crippen molar-refractivity contribution in [2.75, 3.05) is 51.3 Å². The third-order valence-electron chi connectivity index (χ3n) is 4.90. The Kier molecular flexibility index (Phi) is 7.91. The molecule has 8 nitrogen and oxygen atoms in total. The Hall–Kier alpha value is -2.10. The maximum absolute atomic E-state index is 11.9. The van der Waals surface area contributed by atoms with Crippen molar-refractivity contribution in [1.29, 1.82) is 0 Å². The van der Waals surface area contributed by atoms with E-state index in [1.807, 2.05) is 19.1 Å². The number of carbonyl (C=O) groups excluding carboxylic acids is 1. The normalized spacial score (nSPS) is 14.9. The summed E-state index contributed by atoms with van der Waals surface area (Å²) in [5.74, 6) is 2.36. The van der Waals surface area contributed by atoms with Crippen LogP contribution in [0.2, 0.25) is 0 Å². The fourth-order valence-corrected chi connectivity index (χ4v) is 4.04. The van der Waals surface area contributed by atoms with E-state index in [0.29, 0.717) is 29.8 Å². The summed E-state index contributed by atoms with van der Waals surface area (Å²) < 4.78 is 10.9. The number of quaternary nitrogens is 1. The van der Waals surface area contributed by atoms with Crippen molar-refractivity contribution in [2.24, 2.45) is 0 Å². The molecule has 29 heavy (non-hydrogen) atoms. The average Bonchev–Trinajstić information content (AvgIpc) is 3.22. The van der Waals surface area contributed by atoms with Crippen LogP contribution < -0.4 is 15.1 Å². The number of anilines is 1. The number of likely N-dealkylation sites (N-methyl/N-ethyl adjacent to an activating group) is 1. The molecule has 3 rings (SSSR count). The highest BCUT2D eigenvalue weighted by Crippen LogP contribution is 2.24. The largest absolute Gasteiger partial charge is 0.455 e. The first-order valence-electron chi connectivity index (χ1n) is 10.1. The Morgan fingerprint density at radius 1 is 1.31 bits per heavy atom. The third kappa shape index (κ3) is 5.94. The molecule has 0 saturated carbocycles. The number of ether oxygens (including phenoxy) is 1. The van der Waals surface area contributed by atoms with E-state index >= 15 is 0 Å². The number of hydrogen-bond acceptors (Lipinski definition) is 7. The zero-order valence-corrected chi connectivity index (χ0v) is 18.2. The topological polar surface area (TPSA) is 84.9 Å². The van der Waals surface area contributed by atoms with E-state index in [1.165, 1.54) is 11.8 Å². The minimum Gasteiger partial charge on any atom is -0.455 e. The van der Waals surface area contributed by atoms with Crippen LogP contribution in [0.4, 0.5) is 5.82 Å². The highest BCUT2D eigenvalue weighted by Gasteiger charge is 2.21. The SMILES string of the molecule is CCNC(=O)c1ccc(CSc2nc(COC)cc(N3CC[NH+](CC)CC3)n2)o1. The smallest absolute Gasteiger partial charge is 0.286 e. The van der Waals surface area contributed by atoms with Gasteiger partial charge in [-0.25, -0.2) is 9.97 Å². The van der Waals surface area contributed by atoms with Crippen LogP contribution in [0.5, 0.6) is 0 Å². The zero-order chi connectivity index (χ0) is 20.6. The van der Waals surface area contributed by atoms with E-state index in [-0.39, 0.29) is 5.91 Å². The summed E-state index contributed by atoms with van der Waals surface area (Å²) in [4.78, 5) is 25.2. The second-order valence-corrected chi connectivity index (χ2v) is 7.88. The van der Waals surface area contributed by atoms with Crippen LogP contribution in [0.3, 0.4) is 0 Å². The van der Waals surface area contributed by atoms with Crippen molar-refractivity contribution in [3.8, 4) is 0 Å². The van der Waals surface area contributed by atoms with Gasteiger partial charge in [-0.2, -0.15) is 0 Å². The lowest BCUT2D eigenvalue weighted by Crippen LogP contribution is -3.14. The summed E-state index contributed by atoms with van der Waals surface area (Å²) in [7, 11) is 1.67. The van der Waals surface area contributed by atoms with Crippen molar-refractivity contribution in [2.45, 2.75) is 31.4 Å². The number of piperazine rings is 1. The molecule has 2 N–H and O–H groups in total. The van der Waals surface area contributed by atoms with Crippen LogP contribution in [0.1, 0.15) is 35.9 Å². The van der Waals surface area contributed by atoms with E-state index in [9.17, 15) is 4.79 Å². The monoisotopic (exact) mass is 420 g/mol. The maximum atomic E-state index is 11.9. The lowest BCUT2D eigenvalue weighted by molar-refractivity contribution is -0.898. The highest BCUT2D eigenvalue weighted by atomic mass is 32.2. The third-order valence-corrected chi connectivity index (χ3v) is 5.77. The first-order valence-corrected chi connectivity index (χ1v) is 11.1. The van der Waals surface area contributed by atoms with E-state index in [0.717, 1.165) is 50.0 Å². The van der Waals surface area contributed by atoms with Gasteiger partial charge in [-0.1, -0.05) is 11.8 Å². The number of thioether (sulfide) groups is 1. The summed E-state index contributed by atoms with van der Waals surface area (Å²) in [5, 5.41) is 3.43. The molecule has 0 aromatic carbocycles. The van der Waals surface area contributed by atoms with Crippen LogP contribution >= 0.6 is 11.8 Å². The molecular formula is C20H30N5O3S+. The second-order valence-electron chi connectivity index (χ2n) is 6.94. The van der Waals surface area contributed by atoms with Gasteiger partial charge in [0.2, 0.25) is 0 Å². The van der Waals surface area contributed by atoms with Crippen molar-refractivity contribution in [3.63, 3.8) is 0 Å². The zero-order valence-electron chi connectivity index (χ0n) is 17.4. The average molecular weight is 421 g/mol. The predicted molar refractivity (Wildman–Crippen MR) is 112 cm³/mol. The van der Waals surface area contributed by atoms with Gasteiger partial charge in [0.1, 0.15) is 11.6 Å². The molecular weight excluding hydrogens is 390 g/mol. The minimum atomic E-state index is -0.197. The van der Waals surface area contributed by atoms with Gasteiger partial charge in [-0.3, -0.25) is 4.79 Å². The Morgan fingerprint density at radius 3 is 2.79 bits per heavy atom. The number of furan rings is 1. The van der Waals surface area contributed by atoms with Crippen molar-refractivity contribution >= 4 is 23.5 Å². The number of methoxy groups -OCH3 is 1. The Morgan fingerprint density at radius 2 is 2.10 bits per heavy atom. The number of aromatic nitrogens is 2. The Bertz CT molecular complexity index is 805. The summed E-state index contributed by atoms with van der Waals surface area (Å²) in [6.07, 6.45) is 0. The van der Waals surface area contributed by atoms with Crippen molar-refractivity contribution in [3.05, 3.63) is 35.4 Å². The molecule has 0 atom stereocenters. The molecule has 0 unspecified atom stereocenters. The maximum Gasteiger partial charge on any atom is 0.286 e. The molecule has 158 valence electrons. The molecule has 1 saturated heterocycles. The van der Waals surface area contributed by atoms with Crippen molar-refractivity contribution in [1.82, 2.24) is 15.3 Å². The molecule has 1 amide bonds. The minimum absolute atomic E-state index is 0.197. The second kappa shape index (κ2) is 10.6. The van der Waals surface area contributed by atoms with Gasteiger partial charge in [-0.05, 0) is 26.0 Å². The first-order chi connectivity index (χ1) is 14.1. The van der Waals surface area contributed by atoms with Crippen LogP contribution in [0.25, 0.3) is 0 Å². The number of amides is 1. The first kappa shape index (κ1) is 21.6. The summed E-state index contributed by atoms with van der Waals surface area (Å²) >= 11 is 1.50. The molecule has 1 fully saturated rings. The standard InChI is InChI=1S/C20H29N5O3S/c1-4-21-19(26)17-7-6-16(28-17)14-29-20-22-15(13-27-3)12-18(23-20)25-10-8-24(5-2)9-11-25/h6-7,12H,4-5,8-11,13-14H2,1-3H3,(H,21,26)/p+1. The van der Waals surface area contributed by atoms with Crippen LogP contribution in [0.15, 0.2) is 27.8 Å². The van der Waals surface area contributed by atoms with Gasteiger partial charge in [0, 0.05) is 19.7 Å². The van der Waals surface area contributed by atoms with Gasteiger partial charge in [0.05, 0.1) is 50.8 Å². The van der Waals surface area contributed by atoms with Gasteiger partial charge < -0.3 is 24.3 Å². The molecule has 0 radical (unpaired) electrons. The fourth-order valence-electron chi connectivity index (χ4n) is 3.27. The lowest BCUT2D eigenvalue weighted by Gasteiger charge is -2.32. The van der Waals surface area contributed by atoms with E-state index in [4.69, 9.17) is 14.1 Å². The number of nitrogens with zero attached hydrogens (tertiary/aromatic N) is 3. The number of nitrogens with one attached hydrogen (secondary N) is 2. The van der Waals surface area contributed by atoms with E-state index < -0.39 is 0 Å². The molecule has 0 spiro atoms. The number of hydrogen-bond donors (Lipinski definition) is 2. The van der Waals surface area contributed by atoms with E-state index in [2.05, 4.69) is 22.1 Å². The summed E-state index contributed by atoms with van der Waals surface area (Å²) in [5.41, 5.74) is 0.868. The van der Waals surface area contributed by atoms with Crippen LogP contribution in [-0.2, 0) is 17.1 Å². The Balaban J connectivity index is 1.68. The van der Waals surface area contributed by atoms with Gasteiger partial charge in [-0.15, -0.1) is 0 Å². The van der Waals surface area contributed by atoms with Gasteiger partial charge >= 0.3 is 0 Å². The molecule has 0 aliphatic carbocycles. The van der Waals surface area contributed by atoms with Gasteiger partial charge in [0.25, 0.3) is 5.91 Å². The van der Waals surface area contributed by atoms with Crippen LogP contribution in [-0.4, -0.2) is 62.3 Å². The number of carbonyl (C=O) groups is 1. The summed E-state index contributed by atoms with van der Waals surface area (Å²) in [6, 6.07) is 5.54. The summed E-state index contributed by atoms with van der Waals surface area (Å²) in [6.45, 7) is 10.5. The lowest BCUT2D eigenvalue weighted by atomic mass is 10.3. The molecule has 1 aliphatic heterocycles. The predicted octanol–water partition coefficient (Wildman–Crippen LogP) is 0.983. The highest BCUT2D eigenvalue weighted by molar-refractivity contribution is 7.98. The van der Waals surface area contributed by atoms with E-state index in [1.54, 1.807) is 18.1 Å². The van der Waals surface area contributed by atoms with Crippen LogP contribution in [0, 0.1) is 0 Å². The Labute approximate surface area is 176 Å².